The molecule has 10 heteroatoms. The van der Waals surface area contributed by atoms with Crippen molar-refractivity contribution in [2.75, 3.05) is 0 Å². The van der Waals surface area contributed by atoms with Gasteiger partial charge in [-0.1, -0.05) is 68.9 Å². The van der Waals surface area contributed by atoms with Crippen LogP contribution in [0.3, 0.4) is 0 Å². The highest BCUT2D eigenvalue weighted by atomic mass is 32.2. The van der Waals surface area contributed by atoms with Gasteiger partial charge in [0.15, 0.2) is 0 Å². The zero-order valence-electron chi connectivity index (χ0n) is 20.2. The van der Waals surface area contributed by atoms with Crippen molar-refractivity contribution >= 4 is 36.9 Å². The Morgan fingerprint density at radius 2 is 1.28 bits per heavy atom. The van der Waals surface area contributed by atoms with Crippen molar-refractivity contribution in [1.82, 2.24) is 0 Å². The molecule has 0 unspecified atom stereocenters. The van der Waals surface area contributed by atoms with Crippen LogP contribution in [0.5, 0.6) is 0 Å². The van der Waals surface area contributed by atoms with Crippen molar-refractivity contribution in [2.45, 2.75) is 39.3 Å². The van der Waals surface area contributed by atoms with Gasteiger partial charge < -0.3 is 20.1 Å². The molecule has 0 aliphatic heterocycles. The first kappa shape index (κ1) is 34.0. The molecule has 0 atom stereocenters. The van der Waals surface area contributed by atoms with Gasteiger partial charge in [-0.15, -0.1) is 11.8 Å². The largest absolute Gasteiger partial charge is 0.491 e. The van der Waals surface area contributed by atoms with Crippen LogP contribution < -0.4 is 10.9 Å². The Morgan fingerprint density at radius 3 is 1.85 bits per heavy atom. The van der Waals surface area contributed by atoms with E-state index < -0.39 is 20.1 Å². The number of hydrogen-bond acceptors (Lipinski definition) is 5. The van der Waals surface area contributed by atoms with E-state index in [0.29, 0.717) is 21.7 Å². The molecule has 0 bridgehead atoms. The fraction of sp³-hybridized carbons (Fsp3) is 0.172. The predicted molar refractivity (Wildman–Crippen MR) is 157 cm³/mol. The molecule has 4 rings (SSSR count). The monoisotopic (exact) mass is 556 g/mol. The average Bonchev–Trinajstić information content (AvgIpc) is 2.84. The average molecular weight is 556 g/mol. The third-order valence-electron chi connectivity index (χ3n) is 5.58. The Morgan fingerprint density at radius 1 is 0.641 bits per heavy atom. The number of hydrogen-bond donors (Lipinski definition) is 4. The molecule has 4 aromatic rings. The third-order valence-corrected chi connectivity index (χ3v) is 6.65. The lowest BCUT2D eigenvalue weighted by Crippen LogP contribution is -2.32. The van der Waals surface area contributed by atoms with Gasteiger partial charge in [0.1, 0.15) is 17.5 Å². The summed E-state index contributed by atoms with van der Waals surface area (Å²) in [5.41, 5.74) is 4.23. The van der Waals surface area contributed by atoms with E-state index >= 15 is 0 Å². The first-order valence-corrected chi connectivity index (χ1v) is 12.3. The van der Waals surface area contributed by atoms with Gasteiger partial charge in [0.25, 0.3) is 0 Å². The molecular formula is C29H33B2F3O4S. The van der Waals surface area contributed by atoms with E-state index in [-0.39, 0.29) is 32.0 Å². The Hall–Kier alpha value is -3.01. The summed E-state index contributed by atoms with van der Waals surface area (Å²) in [5.74, 6) is -0.598. The summed E-state index contributed by atoms with van der Waals surface area (Å²) >= 11 is 1.40. The summed E-state index contributed by atoms with van der Waals surface area (Å²) in [5, 5.41) is 36.1. The second kappa shape index (κ2) is 15.5. The van der Waals surface area contributed by atoms with E-state index in [9.17, 15) is 13.2 Å². The minimum atomic E-state index is -1.81. The van der Waals surface area contributed by atoms with Gasteiger partial charge >= 0.3 is 14.2 Å². The molecule has 0 aliphatic carbocycles. The van der Waals surface area contributed by atoms with Crippen LogP contribution in [-0.2, 0) is 5.75 Å². The Labute approximate surface area is 233 Å². The topological polar surface area (TPSA) is 80.9 Å². The maximum absolute atomic E-state index is 13.6. The van der Waals surface area contributed by atoms with E-state index in [1.54, 1.807) is 50.2 Å². The molecule has 0 saturated heterocycles. The van der Waals surface area contributed by atoms with Gasteiger partial charge in [-0.05, 0) is 71.9 Å². The highest BCUT2D eigenvalue weighted by Gasteiger charge is 2.16. The maximum Gasteiger partial charge on any atom is 0.491 e. The quantitative estimate of drug-likeness (QED) is 0.199. The van der Waals surface area contributed by atoms with Crippen LogP contribution in [0.25, 0.3) is 11.1 Å². The van der Waals surface area contributed by atoms with Crippen molar-refractivity contribution in [2.24, 2.45) is 0 Å². The molecular weight excluding hydrogens is 523 g/mol. The van der Waals surface area contributed by atoms with E-state index in [2.05, 4.69) is 0 Å². The van der Waals surface area contributed by atoms with E-state index in [1.807, 2.05) is 12.1 Å². The summed E-state index contributed by atoms with van der Waals surface area (Å²) in [4.78, 5) is 0.675. The molecule has 4 N–H and O–H groups in total. The van der Waals surface area contributed by atoms with Crippen LogP contribution >= 0.6 is 11.8 Å². The molecule has 0 fully saturated rings. The van der Waals surface area contributed by atoms with Crippen molar-refractivity contribution in [3.05, 3.63) is 113 Å². The molecule has 0 aliphatic rings. The fourth-order valence-electron chi connectivity index (χ4n) is 3.58. The third kappa shape index (κ3) is 9.60. The minimum Gasteiger partial charge on any atom is -0.423 e. The van der Waals surface area contributed by atoms with Crippen molar-refractivity contribution in [3.8, 4) is 11.1 Å². The van der Waals surface area contributed by atoms with Crippen LogP contribution in [0.4, 0.5) is 13.2 Å². The molecule has 0 heterocycles. The van der Waals surface area contributed by atoms with Crippen molar-refractivity contribution in [1.29, 1.82) is 0 Å². The van der Waals surface area contributed by atoms with Gasteiger partial charge in [0.2, 0.25) is 0 Å². The fourth-order valence-corrected chi connectivity index (χ4v) is 4.45. The number of thioether (sulfide) groups is 1. The minimum absolute atomic E-state index is 0. The molecule has 4 aromatic carbocycles. The molecule has 39 heavy (non-hydrogen) atoms. The standard InChI is InChI=1S/C14H13BF2O2S.C13H12BFO2.2CH4/c1-9-6-10(2-5-13(9)16)8-20-11-3-4-12(15(18)19)14(17)7-11;1-9-7-11(5-6-13(9)14(16)17)10-3-2-4-12(15)8-10;;/h2-7,18-19H,8H2,1H3;2-8,16-17H,1H3;2*1H4. The van der Waals surface area contributed by atoms with E-state index in [1.165, 1.54) is 42.1 Å². The van der Waals surface area contributed by atoms with Gasteiger partial charge in [0.05, 0.1) is 0 Å². The summed E-state index contributed by atoms with van der Waals surface area (Å²) in [6.45, 7) is 3.48. The lowest BCUT2D eigenvalue weighted by molar-refractivity contribution is 0.422. The Balaban J connectivity index is 0.000000375. The molecule has 206 valence electrons. The first-order chi connectivity index (χ1) is 17.5. The zero-order chi connectivity index (χ0) is 27.1. The number of benzene rings is 4. The van der Waals surface area contributed by atoms with Crippen LogP contribution in [0.2, 0.25) is 0 Å². The lowest BCUT2D eigenvalue weighted by atomic mass is 9.76. The van der Waals surface area contributed by atoms with Crippen molar-refractivity contribution < 1.29 is 33.3 Å². The van der Waals surface area contributed by atoms with E-state index in [4.69, 9.17) is 20.1 Å². The van der Waals surface area contributed by atoms with Gasteiger partial charge in [-0.3, -0.25) is 0 Å². The number of aryl methyl sites for hydroxylation is 2. The molecule has 4 nitrogen and oxygen atoms in total. The Kier molecular flexibility index (Phi) is 13.6. The smallest absolute Gasteiger partial charge is 0.423 e. The first-order valence-electron chi connectivity index (χ1n) is 11.3. The van der Waals surface area contributed by atoms with Crippen molar-refractivity contribution in [3.63, 3.8) is 0 Å². The van der Waals surface area contributed by atoms with E-state index in [0.717, 1.165) is 22.3 Å². The second-order valence-corrected chi connectivity index (χ2v) is 9.43. The summed E-state index contributed by atoms with van der Waals surface area (Å²) in [6, 6.07) is 20.6. The van der Waals surface area contributed by atoms with Gasteiger partial charge in [-0.25, -0.2) is 13.2 Å². The molecule has 0 radical (unpaired) electrons. The summed E-state index contributed by atoms with van der Waals surface area (Å²) in [7, 11) is -3.29. The Bertz CT molecular complexity index is 1370. The summed E-state index contributed by atoms with van der Waals surface area (Å²) < 4.78 is 39.8. The molecule has 0 amide bonds. The molecule has 0 spiro atoms. The van der Waals surface area contributed by atoms with Gasteiger partial charge in [0, 0.05) is 16.1 Å². The highest BCUT2D eigenvalue weighted by molar-refractivity contribution is 7.98. The van der Waals surface area contributed by atoms with Crippen LogP contribution in [0.1, 0.15) is 31.5 Å². The number of halogens is 3. The second-order valence-electron chi connectivity index (χ2n) is 8.38. The molecule has 0 aromatic heterocycles. The molecule has 0 saturated carbocycles. The summed E-state index contributed by atoms with van der Waals surface area (Å²) in [6.07, 6.45) is 0. The van der Waals surface area contributed by atoms with Crippen LogP contribution in [0.15, 0.2) is 83.8 Å². The SMILES string of the molecule is C.C.Cc1cc(-c2cccc(F)c2)ccc1B(O)O.Cc1cc(CSc2ccc(B(O)O)c(F)c2)ccc1F. The maximum atomic E-state index is 13.6. The number of rotatable bonds is 6. The van der Waals surface area contributed by atoms with Crippen LogP contribution in [0, 0.1) is 31.3 Å². The predicted octanol–water partition coefficient (Wildman–Crippen LogP) is 5.00. The highest BCUT2D eigenvalue weighted by Crippen LogP contribution is 2.24. The van der Waals surface area contributed by atoms with Crippen LogP contribution in [-0.4, -0.2) is 34.3 Å². The lowest BCUT2D eigenvalue weighted by Gasteiger charge is -2.08. The zero-order valence-corrected chi connectivity index (χ0v) is 21.0. The normalized spacial score (nSPS) is 9.97. The van der Waals surface area contributed by atoms with Gasteiger partial charge in [-0.2, -0.15) is 0 Å².